The smallest absolute Gasteiger partial charge is 0.246 e. The first kappa shape index (κ1) is 17.2. The van der Waals surface area contributed by atoms with Crippen LogP contribution in [0.15, 0.2) is 66.9 Å². The number of nitrogens with zero attached hydrogens (tertiary/aromatic N) is 3. The molecule has 3 rings (SSSR count). The van der Waals surface area contributed by atoms with Crippen LogP contribution in [-0.2, 0) is 4.79 Å². The van der Waals surface area contributed by atoms with Crippen molar-refractivity contribution in [3.05, 3.63) is 77.5 Å². The monoisotopic (exact) mass is 353 g/mol. The first-order valence-corrected chi connectivity index (χ1v) is 8.66. The number of halogens is 1. The summed E-state index contributed by atoms with van der Waals surface area (Å²) in [6, 6.07) is 13.5. The van der Waals surface area contributed by atoms with E-state index in [9.17, 15) is 4.79 Å². The molecule has 1 aromatic heterocycles. The van der Waals surface area contributed by atoms with E-state index in [4.69, 9.17) is 11.6 Å². The van der Waals surface area contributed by atoms with Gasteiger partial charge in [-0.05, 0) is 23.8 Å². The second kappa shape index (κ2) is 8.49. The van der Waals surface area contributed by atoms with Gasteiger partial charge in [0.25, 0.3) is 0 Å². The van der Waals surface area contributed by atoms with Crippen LogP contribution in [0, 0.1) is 0 Å². The summed E-state index contributed by atoms with van der Waals surface area (Å²) in [5, 5.41) is 0.698. The number of hydrogen-bond acceptors (Lipinski definition) is 3. The third-order valence-electron chi connectivity index (χ3n) is 4.10. The molecule has 1 saturated heterocycles. The average molecular weight is 354 g/mol. The minimum absolute atomic E-state index is 0.0319. The third kappa shape index (κ3) is 4.70. The van der Waals surface area contributed by atoms with Gasteiger partial charge in [-0.2, -0.15) is 0 Å². The minimum Gasteiger partial charge on any atom is -0.353 e. The Labute approximate surface area is 153 Å². The first-order chi connectivity index (χ1) is 12.2. The zero-order valence-corrected chi connectivity index (χ0v) is 14.6. The highest BCUT2D eigenvalue weighted by atomic mass is 35.5. The zero-order valence-electron chi connectivity index (χ0n) is 13.9. The second-order valence-corrected chi connectivity index (χ2v) is 6.15. The number of piperazine rings is 1. The summed E-state index contributed by atoms with van der Waals surface area (Å²) in [5.74, 6) is 0.997. The van der Waals surface area contributed by atoms with Crippen molar-refractivity contribution >= 4 is 29.4 Å². The molecule has 25 heavy (non-hydrogen) atoms. The van der Waals surface area contributed by atoms with Gasteiger partial charge in [-0.3, -0.25) is 4.79 Å². The Hall–Kier alpha value is -2.59. The molecule has 2 heterocycles. The molecule has 4 nitrogen and oxygen atoms in total. The predicted octanol–water partition coefficient (Wildman–Crippen LogP) is 3.65. The summed E-state index contributed by atoms with van der Waals surface area (Å²) in [6.07, 6.45) is 8.88. The van der Waals surface area contributed by atoms with E-state index in [2.05, 4.69) is 9.88 Å². The molecule has 1 aliphatic rings. The van der Waals surface area contributed by atoms with E-state index < -0.39 is 0 Å². The van der Waals surface area contributed by atoms with Crippen LogP contribution in [0.5, 0.6) is 0 Å². The van der Waals surface area contributed by atoms with Crippen molar-refractivity contribution in [2.45, 2.75) is 0 Å². The maximum atomic E-state index is 12.3. The molecule has 0 N–H and O–H groups in total. The summed E-state index contributed by atoms with van der Waals surface area (Å²) in [6.45, 7) is 3.00. The Balaban J connectivity index is 1.50. The van der Waals surface area contributed by atoms with Crippen molar-refractivity contribution in [3.63, 3.8) is 0 Å². The summed E-state index contributed by atoms with van der Waals surface area (Å²) >= 11 is 6.09. The lowest BCUT2D eigenvalue weighted by atomic mass is 10.2. The maximum Gasteiger partial charge on any atom is 0.246 e. The molecule has 0 atom stereocenters. The molecule has 0 bridgehead atoms. The van der Waals surface area contributed by atoms with Crippen molar-refractivity contribution in [1.82, 2.24) is 9.88 Å². The van der Waals surface area contributed by atoms with Crippen molar-refractivity contribution in [2.24, 2.45) is 0 Å². The van der Waals surface area contributed by atoms with Gasteiger partial charge in [-0.1, -0.05) is 54.1 Å². The number of amides is 1. The third-order valence-corrected chi connectivity index (χ3v) is 4.44. The summed E-state index contributed by atoms with van der Waals surface area (Å²) in [5.41, 5.74) is 0.935. The van der Waals surface area contributed by atoms with Crippen LogP contribution < -0.4 is 4.90 Å². The van der Waals surface area contributed by atoms with Crippen LogP contribution in [0.4, 0.5) is 5.82 Å². The summed E-state index contributed by atoms with van der Waals surface area (Å²) < 4.78 is 0. The van der Waals surface area contributed by atoms with Gasteiger partial charge in [0.2, 0.25) is 5.91 Å². The largest absolute Gasteiger partial charge is 0.353 e. The van der Waals surface area contributed by atoms with Crippen LogP contribution in [0.1, 0.15) is 5.56 Å². The molecule has 2 aromatic rings. The molecule has 1 fully saturated rings. The van der Waals surface area contributed by atoms with Crippen LogP contribution >= 0.6 is 11.6 Å². The normalized spacial score (nSPS) is 15.2. The van der Waals surface area contributed by atoms with Gasteiger partial charge in [-0.15, -0.1) is 0 Å². The maximum absolute atomic E-state index is 12.3. The molecule has 1 aliphatic heterocycles. The van der Waals surface area contributed by atoms with Gasteiger partial charge in [0.05, 0.1) is 0 Å². The summed E-state index contributed by atoms with van der Waals surface area (Å²) in [7, 11) is 0. The molecule has 0 saturated carbocycles. The number of pyridine rings is 1. The zero-order chi connectivity index (χ0) is 17.5. The van der Waals surface area contributed by atoms with Crippen molar-refractivity contribution in [2.75, 3.05) is 31.1 Å². The van der Waals surface area contributed by atoms with Gasteiger partial charge in [0.1, 0.15) is 5.82 Å². The lowest BCUT2D eigenvalue weighted by Gasteiger charge is -2.34. The highest BCUT2D eigenvalue weighted by Gasteiger charge is 2.19. The Morgan fingerprint density at radius 2 is 1.76 bits per heavy atom. The van der Waals surface area contributed by atoms with Crippen LogP contribution in [-0.4, -0.2) is 42.0 Å². The van der Waals surface area contributed by atoms with E-state index in [1.54, 1.807) is 18.3 Å². The van der Waals surface area contributed by atoms with E-state index in [0.717, 1.165) is 24.5 Å². The van der Waals surface area contributed by atoms with E-state index in [1.165, 1.54) is 0 Å². The van der Waals surface area contributed by atoms with Gasteiger partial charge in [-0.25, -0.2) is 4.98 Å². The minimum atomic E-state index is 0.0319. The highest BCUT2D eigenvalue weighted by Crippen LogP contribution is 2.16. The van der Waals surface area contributed by atoms with Gasteiger partial charge >= 0.3 is 0 Å². The Morgan fingerprint density at radius 1 is 1.00 bits per heavy atom. The van der Waals surface area contributed by atoms with E-state index >= 15 is 0 Å². The van der Waals surface area contributed by atoms with Gasteiger partial charge in [0.15, 0.2) is 0 Å². The molecule has 0 unspecified atom stereocenters. The molecule has 1 amide bonds. The predicted molar refractivity (Wildman–Crippen MR) is 103 cm³/mol. The fraction of sp³-hybridized carbons (Fsp3) is 0.200. The highest BCUT2D eigenvalue weighted by molar-refractivity contribution is 6.32. The van der Waals surface area contributed by atoms with E-state index in [1.807, 2.05) is 59.5 Å². The topological polar surface area (TPSA) is 36.4 Å². The molecular weight excluding hydrogens is 334 g/mol. The second-order valence-electron chi connectivity index (χ2n) is 5.74. The average Bonchev–Trinajstić information content (AvgIpc) is 2.67. The molecule has 0 aliphatic carbocycles. The number of rotatable bonds is 4. The van der Waals surface area contributed by atoms with Gasteiger partial charge in [0, 0.05) is 43.5 Å². The number of benzene rings is 1. The number of carbonyl (C=O) groups excluding carboxylic acids is 1. The number of hydrogen-bond donors (Lipinski definition) is 0. The number of aromatic nitrogens is 1. The summed E-state index contributed by atoms with van der Waals surface area (Å²) in [4.78, 5) is 20.7. The Kier molecular flexibility index (Phi) is 5.86. The molecule has 0 spiro atoms. The van der Waals surface area contributed by atoms with E-state index in [-0.39, 0.29) is 5.91 Å². The quantitative estimate of drug-likeness (QED) is 0.621. The van der Waals surface area contributed by atoms with Crippen LogP contribution in [0.25, 0.3) is 6.08 Å². The van der Waals surface area contributed by atoms with Crippen molar-refractivity contribution in [3.8, 4) is 0 Å². The van der Waals surface area contributed by atoms with Gasteiger partial charge < -0.3 is 9.80 Å². The molecular formula is C20H20ClN3O. The van der Waals surface area contributed by atoms with Crippen LogP contribution in [0.3, 0.4) is 0 Å². The van der Waals surface area contributed by atoms with Crippen molar-refractivity contribution in [1.29, 1.82) is 0 Å². The lowest BCUT2D eigenvalue weighted by Crippen LogP contribution is -2.48. The molecule has 128 valence electrons. The number of anilines is 1. The lowest BCUT2D eigenvalue weighted by molar-refractivity contribution is -0.126. The fourth-order valence-electron chi connectivity index (χ4n) is 2.71. The van der Waals surface area contributed by atoms with Crippen molar-refractivity contribution < 1.29 is 4.79 Å². The first-order valence-electron chi connectivity index (χ1n) is 8.28. The number of allylic oxidation sites excluding steroid dienone is 2. The fourth-order valence-corrected chi connectivity index (χ4v) is 2.91. The SMILES string of the molecule is O=C(/C=C/C=C/c1ccccc1Cl)N1CCN(c2ccccn2)CC1. The molecule has 0 radical (unpaired) electrons. The Bertz CT molecular complexity index is 766. The number of carbonyl (C=O) groups is 1. The molecule has 5 heteroatoms. The van der Waals surface area contributed by atoms with E-state index in [0.29, 0.717) is 18.1 Å². The van der Waals surface area contributed by atoms with Crippen LogP contribution in [0.2, 0.25) is 5.02 Å². The molecule has 1 aromatic carbocycles. The Morgan fingerprint density at radius 3 is 2.48 bits per heavy atom. The standard InChI is InChI=1S/C20H20ClN3O/c21-18-9-3-1-7-17(18)8-2-4-11-20(25)24-15-13-23(14-16-24)19-10-5-6-12-22-19/h1-12H,13-16H2/b8-2+,11-4+.